The molecule has 0 aliphatic rings. The Morgan fingerprint density at radius 2 is 2.00 bits per heavy atom. The van der Waals surface area contributed by atoms with Crippen LogP contribution in [-0.4, -0.2) is 10.8 Å². The molecule has 0 N–H and O–H groups in total. The van der Waals surface area contributed by atoms with Crippen LogP contribution in [-0.2, 0) is 0 Å². The lowest BCUT2D eigenvalue weighted by Crippen LogP contribution is -1.97. The van der Waals surface area contributed by atoms with Crippen LogP contribution in [0.15, 0.2) is 6.07 Å². The first kappa shape index (κ1) is 9.78. The largest absolute Gasteiger partial charge is 0.294 e. The van der Waals surface area contributed by atoms with Crippen molar-refractivity contribution in [3.63, 3.8) is 0 Å². The molecule has 0 fully saturated rings. The molecule has 0 amide bonds. The number of aromatic nitrogens is 1. The second-order valence-electron chi connectivity index (χ2n) is 2.02. The quantitative estimate of drug-likeness (QED) is 0.541. The summed E-state index contributed by atoms with van der Waals surface area (Å²) in [5.41, 5.74) is 0.0998. The lowest BCUT2D eigenvalue weighted by molar-refractivity contribution is 0.104. The Kier molecular flexibility index (Phi) is 2.94. The van der Waals surface area contributed by atoms with Crippen LogP contribution in [0.5, 0.6) is 0 Å². The average Bonchev–Trinajstić information content (AvgIpc) is 1.82. The van der Waals surface area contributed by atoms with E-state index in [1.807, 2.05) is 0 Å². The molecule has 12 heavy (non-hydrogen) atoms. The summed E-state index contributed by atoms with van der Waals surface area (Å²) in [7, 11) is 0. The van der Waals surface area contributed by atoms with E-state index in [0.29, 0.717) is 0 Å². The number of carbonyl (C=O) groups excluding carboxylic acids is 1. The highest BCUT2D eigenvalue weighted by molar-refractivity contribution is 6.41. The van der Waals surface area contributed by atoms with Gasteiger partial charge >= 0.3 is 0 Å². The van der Waals surface area contributed by atoms with Crippen molar-refractivity contribution in [3.8, 4) is 0 Å². The Balaban J connectivity index is 3.38. The number of pyridine rings is 1. The SMILES string of the molecule is [CH2]C(=O)c1c(Cl)cc(Cl)nc1Cl. The van der Waals surface area contributed by atoms with Gasteiger partial charge in [0.1, 0.15) is 10.3 Å². The maximum Gasteiger partial charge on any atom is 0.167 e. The number of rotatable bonds is 1. The van der Waals surface area contributed by atoms with E-state index < -0.39 is 5.78 Å². The predicted molar refractivity (Wildman–Crippen MR) is 49.0 cm³/mol. The van der Waals surface area contributed by atoms with Crippen molar-refractivity contribution in [2.24, 2.45) is 0 Å². The molecule has 1 aromatic heterocycles. The van der Waals surface area contributed by atoms with Crippen LogP contribution in [0.1, 0.15) is 10.4 Å². The van der Waals surface area contributed by atoms with Crippen LogP contribution in [0.3, 0.4) is 0 Å². The average molecular weight is 223 g/mol. The topological polar surface area (TPSA) is 30.0 Å². The summed E-state index contributed by atoms with van der Waals surface area (Å²) in [4.78, 5) is 14.5. The Morgan fingerprint density at radius 1 is 1.42 bits per heavy atom. The Morgan fingerprint density at radius 3 is 2.42 bits per heavy atom. The number of carbonyl (C=O) groups is 1. The van der Waals surface area contributed by atoms with Crippen LogP contribution in [0.2, 0.25) is 15.3 Å². The van der Waals surface area contributed by atoms with Crippen LogP contribution >= 0.6 is 34.8 Å². The second kappa shape index (κ2) is 3.60. The number of halogens is 3. The fraction of sp³-hybridized carbons (Fsp3) is 0. The predicted octanol–water partition coefficient (Wildman–Crippen LogP) is 3.06. The lowest BCUT2D eigenvalue weighted by atomic mass is 10.2. The summed E-state index contributed by atoms with van der Waals surface area (Å²) in [5, 5.41) is 0.294. The van der Waals surface area contributed by atoms with Gasteiger partial charge in [0.15, 0.2) is 5.78 Å². The van der Waals surface area contributed by atoms with Crippen molar-refractivity contribution in [1.29, 1.82) is 0 Å². The zero-order valence-electron chi connectivity index (χ0n) is 5.77. The minimum atomic E-state index is -0.478. The number of hydrogen-bond acceptors (Lipinski definition) is 2. The van der Waals surface area contributed by atoms with E-state index in [-0.39, 0.29) is 20.9 Å². The molecule has 63 valence electrons. The second-order valence-corrected chi connectivity index (χ2v) is 3.17. The third-order valence-corrected chi connectivity index (χ3v) is 1.94. The molecule has 1 heterocycles. The molecular weight excluding hydrogens is 220 g/mol. The monoisotopic (exact) mass is 222 g/mol. The summed E-state index contributed by atoms with van der Waals surface area (Å²) in [6, 6.07) is 1.34. The zero-order valence-corrected chi connectivity index (χ0v) is 8.04. The van der Waals surface area contributed by atoms with Gasteiger partial charge in [-0.1, -0.05) is 34.8 Å². The van der Waals surface area contributed by atoms with E-state index in [2.05, 4.69) is 11.9 Å². The highest BCUT2D eigenvalue weighted by atomic mass is 35.5. The van der Waals surface area contributed by atoms with Gasteiger partial charge in [-0.2, -0.15) is 0 Å². The van der Waals surface area contributed by atoms with E-state index in [0.717, 1.165) is 0 Å². The smallest absolute Gasteiger partial charge is 0.167 e. The minimum Gasteiger partial charge on any atom is -0.294 e. The van der Waals surface area contributed by atoms with Gasteiger partial charge in [-0.25, -0.2) is 4.98 Å². The van der Waals surface area contributed by atoms with E-state index in [1.54, 1.807) is 0 Å². The van der Waals surface area contributed by atoms with Gasteiger partial charge in [0, 0.05) is 6.92 Å². The normalized spacial score (nSPS) is 10.0. The fourth-order valence-electron chi connectivity index (χ4n) is 0.705. The third kappa shape index (κ3) is 1.89. The summed E-state index contributed by atoms with van der Waals surface area (Å²) in [5.74, 6) is -0.478. The van der Waals surface area contributed by atoms with Gasteiger partial charge in [-0.05, 0) is 6.07 Å². The maximum atomic E-state index is 10.8. The van der Waals surface area contributed by atoms with Gasteiger partial charge in [0.05, 0.1) is 10.6 Å². The number of Topliss-reactive ketones (excluding diaryl/α,β-unsaturated/α-hetero) is 1. The van der Waals surface area contributed by atoms with Crippen LogP contribution in [0.25, 0.3) is 0 Å². The number of nitrogens with zero attached hydrogens (tertiary/aromatic N) is 1. The minimum absolute atomic E-state index is 0.0208. The van der Waals surface area contributed by atoms with Gasteiger partial charge in [0.2, 0.25) is 0 Å². The maximum absolute atomic E-state index is 10.8. The lowest BCUT2D eigenvalue weighted by Gasteiger charge is -2.01. The van der Waals surface area contributed by atoms with Crippen molar-refractivity contribution < 1.29 is 4.79 Å². The van der Waals surface area contributed by atoms with Gasteiger partial charge in [-0.3, -0.25) is 4.79 Å². The number of ketones is 1. The molecule has 0 bridgehead atoms. The molecule has 0 spiro atoms. The Hall–Kier alpha value is -0.310. The van der Waals surface area contributed by atoms with Crippen molar-refractivity contribution in [1.82, 2.24) is 4.98 Å². The summed E-state index contributed by atoms with van der Waals surface area (Å²) in [6.45, 7) is 3.17. The van der Waals surface area contributed by atoms with Crippen LogP contribution in [0.4, 0.5) is 0 Å². The molecule has 2 nitrogen and oxygen atoms in total. The molecule has 0 unspecified atom stereocenters. The molecular formula is C7H3Cl3NO. The van der Waals surface area contributed by atoms with Gasteiger partial charge in [0.25, 0.3) is 0 Å². The third-order valence-electron chi connectivity index (χ3n) is 1.17. The summed E-state index contributed by atoms with van der Waals surface area (Å²) >= 11 is 16.8. The summed E-state index contributed by atoms with van der Waals surface area (Å²) in [6.07, 6.45) is 0. The van der Waals surface area contributed by atoms with Gasteiger partial charge < -0.3 is 0 Å². The van der Waals surface area contributed by atoms with E-state index in [4.69, 9.17) is 34.8 Å². The molecule has 0 saturated heterocycles. The highest BCUT2D eigenvalue weighted by Crippen LogP contribution is 2.25. The van der Waals surface area contributed by atoms with Crippen LogP contribution in [0, 0.1) is 6.92 Å². The van der Waals surface area contributed by atoms with Crippen LogP contribution < -0.4 is 0 Å². The molecule has 0 aromatic carbocycles. The standard InChI is InChI=1S/C7H3Cl3NO/c1-3(12)6-4(8)2-5(9)11-7(6)10/h2H,1H2. The Labute approximate surface area is 84.5 Å². The molecule has 0 aliphatic carbocycles. The van der Waals surface area contributed by atoms with Crippen molar-refractivity contribution >= 4 is 40.6 Å². The summed E-state index contributed by atoms with van der Waals surface area (Å²) < 4.78 is 0. The van der Waals surface area contributed by atoms with Crippen molar-refractivity contribution in [2.75, 3.05) is 0 Å². The fourth-order valence-corrected chi connectivity index (χ4v) is 1.64. The van der Waals surface area contributed by atoms with E-state index in [9.17, 15) is 4.79 Å². The van der Waals surface area contributed by atoms with Gasteiger partial charge in [-0.15, -0.1) is 0 Å². The number of hydrogen-bond donors (Lipinski definition) is 0. The molecule has 0 atom stereocenters. The van der Waals surface area contributed by atoms with E-state index >= 15 is 0 Å². The highest BCUT2D eigenvalue weighted by Gasteiger charge is 2.12. The van der Waals surface area contributed by atoms with E-state index in [1.165, 1.54) is 6.07 Å². The Bertz CT molecular complexity index is 314. The first-order valence-electron chi connectivity index (χ1n) is 2.90. The van der Waals surface area contributed by atoms with Crippen molar-refractivity contribution in [3.05, 3.63) is 33.9 Å². The molecule has 1 rings (SSSR count). The molecule has 1 radical (unpaired) electrons. The van der Waals surface area contributed by atoms with Crippen molar-refractivity contribution in [2.45, 2.75) is 0 Å². The molecule has 1 aromatic rings. The molecule has 0 aliphatic heterocycles. The zero-order chi connectivity index (χ0) is 9.30. The first-order valence-corrected chi connectivity index (χ1v) is 4.03. The molecule has 0 saturated carbocycles. The first-order chi connectivity index (χ1) is 5.52. The molecule has 5 heteroatoms.